The standard InChI is InChI=1S/C35H26FN5O4S/c1-38-35(43)32-25-15-24(28(40(2)46(3)44)17-30(25)45-34(32)20-7-11-22(36)12-8-20)26-13-9-19-10-14-31(42)41-27-6-4-5-21(18-37)23(27)16-29(41)33(19)39-26/h4-9,11-13,15-17H,10,14H2,1-3H3,(H,38,43). The molecule has 9 nitrogen and oxygen atoms in total. The fraction of sp³-hybridized carbons (Fsp3) is 0.143. The molecular formula is C35H26FN5O4S. The Labute approximate surface area is 266 Å². The summed E-state index contributed by atoms with van der Waals surface area (Å²) in [5.74, 6) is -0.638. The second-order valence-corrected chi connectivity index (χ2v) is 12.4. The number of rotatable bonds is 5. The molecule has 0 aliphatic carbocycles. The van der Waals surface area contributed by atoms with E-state index in [2.05, 4.69) is 11.4 Å². The summed E-state index contributed by atoms with van der Waals surface area (Å²) < 4.78 is 36.0. The van der Waals surface area contributed by atoms with Gasteiger partial charge in [-0.2, -0.15) is 9.57 Å². The molecule has 1 N–H and O–H groups in total. The molecule has 3 aromatic carbocycles. The van der Waals surface area contributed by atoms with E-state index in [9.17, 15) is 23.8 Å². The van der Waals surface area contributed by atoms with Gasteiger partial charge in [-0.3, -0.25) is 14.2 Å². The van der Waals surface area contributed by atoms with Crippen LogP contribution in [0.2, 0.25) is 0 Å². The number of fused-ring (bicyclic) bond motifs is 6. The molecule has 0 spiro atoms. The summed E-state index contributed by atoms with van der Waals surface area (Å²) in [7, 11) is 3.21. The summed E-state index contributed by atoms with van der Waals surface area (Å²) in [6, 6.07) is 22.3. The highest BCUT2D eigenvalue weighted by molar-refractivity contribution is 7.92. The molecule has 1 amide bonds. The van der Waals surface area contributed by atoms with E-state index in [1.807, 2.05) is 24.3 Å². The molecule has 6 aromatic rings. The lowest BCUT2D eigenvalue weighted by Crippen LogP contribution is -2.25. The predicted molar refractivity (Wildman–Crippen MR) is 175 cm³/mol. The molecule has 1 unspecified atom stereocenters. The van der Waals surface area contributed by atoms with Gasteiger partial charge in [0, 0.05) is 41.4 Å². The third-order valence-electron chi connectivity index (χ3n) is 8.41. The maximum atomic E-state index is 13.8. The Morgan fingerprint density at radius 3 is 2.61 bits per heavy atom. The number of aromatic nitrogens is 2. The Balaban J connectivity index is 1.50. The van der Waals surface area contributed by atoms with Crippen LogP contribution in [0.5, 0.6) is 0 Å². The zero-order chi connectivity index (χ0) is 32.3. The zero-order valence-corrected chi connectivity index (χ0v) is 25.9. The Kier molecular flexibility index (Phi) is 7.11. The molecule has 7 rings (SSSR count). The fourth-order valence-corrected chi connectivity index (χ4v) is 6.51. The summed E-state index contributed by atoms with van der Waals surface area (Å²) in [6.45, 7) is 0. The molecular weight excluding hydrogens is 605 g/mol. The normalized spacial score (nSPS) is 13.2. The lowest BCUT2D eigenvalue weighted by atomic mass is 9.99. The molecule has 228 valence electrons. The van der Waals surface area contributed by atoms with Crippen molar-refractivity contribution in [1.29, 1.82) is 5.26 Å². The van der Waals surface area contributed by atoms with Crippen molar-refractivity contribution in [3.05, 3.63) is 95.3 Å². The topological polar surface area (TPSA) is 127 Å². The van der Waals surface area contributed by atoms with E-state index < -0.39 is 23.1 Å². The molecule has 4 heterocycles. The van der Waals surface area contributed by atoms with Crippen molar-refractivity contribution < 1.29 is 22.9 Å². The van der Waals surface area contributed by atoms with E-state index in [0.29, 0.717) is 67.8 Å². The van der Waals surface area contributed by atoms with Gasteiger partial charge in [0.05, 0.1) is 63.9 Å². The number of nitrogens with zero attached hydrogens (tertiary/aromatic N) is 4. The van der Waals surface area contributed by atoms with Crippen LogP contribution in [0.15, 0.2) is 77.2 Å². The molecule has 0 bridgehead atoms. The highest BCUT2D eigenvalue weighted by atomic mass is 32.2. The minimum absolute atomic E-state index is 0.0928. The molecule has 1 aliphatic rings. The van der Waals surface area contributed by atoms with Crippen molar-refractivity contribution in [3.8, 4) is 40.0 Å². The highest BCUT2D eigenvalue weighted by Gasteiger charge is 2.28. The molecule has 1 aliphatic heterocycles. The van der Waals surface area contributed by atoms with E-state index in [0.717, 1.165) is 5.56 Å². The minimum Gasteiger partial charge on any atom is -0.593 e. The molecule has 46 heavy (non-hydrogen) atoms. The average molecular weight is 632 g/mol. The van der Waals surface area contributed by atoms with Crippen molar-refractivity contribution in [2.75, 3.05) is 24.7 Å². The molecule has 0 saturated carbocycles. The lowest BCUT2D eigenvalue weighted by Gasteiger charge is -2.22. The molecule has 0 saturated heterocycles. The van der Waals surface area contributed by atoms with Gasteiger partial charge in [-0.05, 0) is 66.6 Å². The largest absolute Gasteiger partial charge is 0.593 e. The fourth-order valence-electron chi connectivity index (χ4n) is 6.08. The van der Waals surface area contributed by atoms with Crippen LogP contribution < -0.4 is 9.62 Å². The Morgan fingerprint density at radius 1 is 1.11 bits per heavy atom. The number of anilines is 1. The van der Waals surface area contributed by atoms with Crippen LogP contribution >= 0.6 is 0 Å². The minimum atomic E-state index is -1.43. The third kappa shape index (κ3) is 4.62. The van der Waals surface area contributed by atoms with Crippen molar-refractivity contribution in [2.24, 2.45) is 0 Å². The number of carbonyl (C=O) groups is 2. The second-order valence-electron chi connectivity index (χ2n) is 11.0. The smallest absolute Gasteiger partial charge is 0.255 e. The van der Waals surface area contributed by atoms with Crippen LogP contribution in [0, 0.1) is 17.1 Å². The summed E-state index contributed by atoms with van der Waals surface area (Å²) in [5.41, 5.74) is 5.96. The number of carbonyl (C=O) groups excluding carboxylic acids is 2. The molecule has 0 radical (unpaired) electrons. The first-order chi connectivity index (χ1) is 22.2. The van der Waals surface area contributed by atoms with Gasteiger partial charge < -0.3 is 14.3 Å². The molecule has 11 heteroatoms. The van der Waals surface area contributed by atoms with Gasteiger partial charge in [-0.15, -0.1) is 0 Å². The van der Waals surface area contributed by atoms with Gasteiger partial charge in [0.1, 0.15) is 23.4 Å². The van der Waals surface area contributed by atoms with Crippen molar-refractivity contribution in [2.45, 2.75) is 12.8 Å². The number of hydrogen-bond donors (Lipinski definition) is 1. The maximum Gasteiger partial charge on any atom is 0.255 e. The van der Waals surface area contributed by atoms with Crippen LogP contribution in [0.3, 0.4) is 0 Å². The Hall–Kier alpha value is -5.44. The number of pyridine rings is 1. The van der Waals surface area contributed by atoms with Gasteiger partial charge in [0.25, 0.3) is 5.91 Å². The first-order valence-electron chi connectivity index (χ1n) is 14.4. The summed E-state index contributed by atoms with van der Waals surface area (Å²) in [5, 5.41) is 13.6. The van der Waals surface area contributed by atoms with Crippen LogP contribution in [-0.4, -0.2) is 46.3 Å². The first kappa shape index (κ1) is 29.3. The Morgan fingerprint density at radius 2 is 1.89 bits per heavy atom. The number of halogens is 1. The maximum absolute atomic E-state index is 13.8. The van der Waals surface area contributed by atoms with E-state index in [-0.39, 0.29) is 23.7 Å². The number of furan rings is 1. The van der Waals surface area contributed by atoms with E-state index in [1.165, 1.54) is 19.2 Å². The molecule has 3 aromatic heterocycles. The van der Waals surface area contributed by atoms with E-state index in [1.54, 1.807) is 58.6 Å². The molecule has 1 atom stereocenters. The van der Waals surface area contributed by atoms with Crippen molar-refractivity contribution >= 4 is 50.7 Å². The van der Waals surface area contributed by atoms with Gasteiger partial charge in [-0.25, -0.2) is 9.37 Å². The number of aryl methyl sites for hydroxylation is 1. The second kappa shape index (κ2) is 11.2. The highest BCUT2D eigenvalue weighted by Crippen LogP contribution is 2.42. The summed E-state index contributed by atoms with van der Waals surface area (Å²) in [4.78, 5) is 31.8. The van der Waals surface area contributed by atoms with Gasteiger partial charge in [0.15, 0.2) is 0 Å². The van der Waals surface area contributed by atoms with Crippen LogP contribution in [0.4, 0.5) is 10.1 Å². The lowest BCUT2D eigenvalue weighted by molar-refractivity contribution is 0.0910. The van der Waals surface area contributed by atoms with Gasteiger partial charge in [-0.1, -0.05) is 12.1 Å². The third-order valence-corrected chi connectivity index (χ3v) is 9.38. The number of nitrogens with one attached hydrogen (secondary N) is 1. The SMILES string of the molecule is CNC(=O)c1c(-c2ccc(F)cc2)oc2cc(N(C)[S+](C)[O-])c(-c3ccc4c(n3)-c3cc5c(C#N)cccc5n3C(=O)CC4)cc12. The number of hydrogen-bond acceptors (Lipinski definition) is 7. The van der Waals surface area contributed by atoms with Crippen LogP contribution in [-0.2, 0) is 17.8 Å². The Bertz CT molecular complexity index is 2270. The van der Waals surface area contributed by atoms with E-state index in [4.69, 9.17) is 9.40 Å². The first-order valence-corrected chi connectivity index (χ1v) is 16.0. The van der Waals surface area contributed by atoms with Crippen molar-refractivity contribution in [3.63, 3.8) is 0 Å². The van der Waals surface area contributed by atoms with Crippen molar-refractivity contribution in [1.82, 2.24) is 14.9 Å². The van der Waals surface area contributed by atoms with Gasteiger partial charge >= 0.3 is 0 Å². The van der Waals surface area contributed by atoms with E-state index >= 15 is 0 Å². The number of nitriles is 1. The summed E-state index contributed by atoms with van der Waals surface area (Å²) in [6.07, 6.45) is 2.31. The quantitative estimate of drug-likeness (QED) is 0.216. The average Bonchev–Trinajstić information content (AvgIpc) is 3.61. The van der Waals surface area contributed by atoms with Gasteiger partial charge in [0.2, 0.25) is 5.91 Å². The predicted octanol–water partition coefficient (Wildman–Crippen LogP) is 6.47. The zero-order valence-electron chi connectivity index (χ0n) is 25.1. The number of benzene rings is 3. The molecule has 0 fully saturated rings. The number of amides is 1. The van der Waals surface area contributed by atoms with Crippen LogP contribution in [0.1, 0.15) is 32.7 Å². The monoisotopic (exact) mass is 631 g/mol. The van der Waals surface area contributed by atoms with Crippen LogP contribution in [0.25, 0.3) is 55.8 Å². The summed E-state index contributed by atoms with van der Waals surface area (Å²) >= 11 is -1.43.